The third-order valence-corrected chi connectivity index (χ3v) is 6.64. The van der Waals surface area contributed by atoms with Gasteiger partial charge in [0.05, 0.1) is 17.6 Å². The molecule has 1 saturated heterocycles. The summed E-state index contributed by atoms with van der Waals surface area (Å²) in [6.07, 6.45) is 5.03. The molecular weight excluding hydrogens is 451 g/mol. The van der Waals surface area contributed by atoms with E-state index in [-0.39, 0.29) is 29.3 Å². The second-order valence-electron chi connectivity index (χ2n) is 9.14. The summed E-state index contributed by atoms with van der Waals surface area (Å²) in [6.45, 7) is 0.914. The van der Waals surface area contributed by atoms with E-state index in [1.807, 2.05) is 6.07 Å². The van der Waals surface area contributed by atoms with Gasteiger partial charge in [0.25, 0.3) is 5.91 Å². The second kappa shape index (κ2) is 8.57. The minimum Gasteiger partial charge on any atom is -0.338 e. The second-order valence-corrected chi connectivity index (χ2v) is 9.14. The number of piperidine rings is 1. The number of hydrogen-bond donors (Lipinski definition) is 2. The highest BCUT2D eigenvalue weighted by molar-refractivity contribution is 5.99. The molecule has 1 saturated carbocycles. The fourth-order valence-electron chi connectivity index (χ4n) is 4.59. The van der Waals surface area contributed by atoms with Crippen LogP contribution in [-0.2, 0) is 4.79 Å². The number of fused-ring (bicyclic) bond motifs is 1. The SMILES string of the molecule is O=C(Nc1ccc(F)c(-n2nnnc2C2CC2)c1)C1CCCN(C(=O)c2ccc3[nH]ncc3c2)C1. The number of tetrazole rings is 1. The average molecular weight is 475 g/mol. The van der Waals surface area contributed by atoms with E-state index >= 15 is 0 Å². The molecule has 1 unspecified atom stereocenters. The van der Waals surface area contributed by atoms with Crippen LogP contribution in [0, 0.1) is 11.7 Å². The van der Waals surface area contributed by atoms with Gasteiger partial charge in [0.2, 0.25) is 5.91 Å². The van der Waals surface area contributed by atoms with Crippen molar-refractivity contribution in [3.8, 4) is 5.69 Å². The minimum atomic E-state index is -0.471. The quantitative estimate of drug-likeness (QED) is 0.459. The number of anilines is 1. The number of aromatic nitrogens is 6. The molecule has 2 aliphatic rings. The summed E-state index contributed by atoms with van der Waals surface area (Å²) in [4.78, 5) is 27.9. The van der Waals surface area contributed by atoms with Crippen molar-refractivity contribution in [2.75, 3.05) is 18.4 Å². The third kappa shape index (κ3) is 4.13. The third-order valence-electron chi connectivity index (χ3n) is 6.64. The summed E-state index contributed by atoms with van der Waals surface area (Å²) in [5.74, 6) is -0.286. The van der Waals surface area contributed by atoms with Crippen LogP contribution in [-0.4, -0.2) is 60.2 Å². The van der Waals surface area contributed by atoms with E-state index in [4.69, 9.17) is 0 Å². The van der Waals surface area contributed by atoms with E-state index < -0.39 is 5.82 Å². The maximum absolute atomic E-state index is 14.6. The van der Waals surface area contributed by atoms with Crippen molar-refractivity contribution in [1.82, 2.24) is 35.3 Å². The van der Waals surface area contributed by atoms with Crippen LogP contribution in [0.5, 0.6) is 0 Å². The fourth-order valence-corrected chi connectivity index (χ4v) is 4.59. The van der Waals surface area contributed by atoms with E-state index in [1.54, 1.807) is 29.3 Å². The summed E-state index contributed by atoms with van der Waals surface area (Å²) >= 11 is 0. The van der Waals surface area contributed by atoms with Crippen LogP contribution >= 0.6 is 0 Å². The Bertz CT molecular complexity index is 1430. The van der Waals surface area contributed by atoms with Gasteiger partial charge in [-0.2, -0.15) is 9.78 Å². The number of amides is 2. The van der Waals surface area contributed by atoms with Gasteiger partial charge in [-0.1, -0.05) is 0 Å². The molecule has 2 N–H and O–H groups in total. The number of H-pyrrole nitrogens is 1. The van der Waals surface area contributed by atoms with Crippen LogP contribution in [0.1, 0.15) is 47.8 Å². The Morgan fingerprint density at radius 2 is 2.00 bits per heavy atom. The molecule has 10 nitrogen and oxygen atoms in total. The van der Waals surface area contributed by atoms with Gasteiger partial charge in [-0.05, 0) is 72.5 Å². The van der Waals surface area contributed by atoms with E-state index in [2.05, 4.69) is 31.0 Å². The van der Waals surface area contributed by atoms with Crippen molar-refractivity contribution >= 4 is 28.4 Å². The molecule has 0 radical (unpaired) electrons. The van der Waals surface area contributed by atoms with Crippen molar-refractivity contribution in [3.05, 3.63) is 59.8 Å². The first-order chi connectivity index (χ1) is 17.1. The highest BCUT2D eigenvalue weighted by Crippen LogP contribution is 2.39. The summed E-state index contributed by atoms with van der Waals surface area (Å²) in [5.41, 5.74) is 2.08. The van der Waals surface area contributed by atoms with Crippen molar-refractivity contribution < 1.29 is 14.0 Å². The van der Waals surface area contributed by atoms with Crippen LogP contribution in [0.25, 0.3) is 16.6 Å². The van der Waals surface area contributed by atoms with E-state index in [9.17, 15) is 14.0 Å². The lowest BCUT2D eigenvalue weighted by Gasteiger charge is -2.32. The molecule has 0 bridgehead atoms. The molecule has 6 rings (SSSR count). The Hall–Kier alpha value is -4.15. The molecule has 2 fully saturated rings. The van der Waals surface area contributed by atoms with Crippen LogP contribution in [0.4, 0.5) is 10.1 Å². The van der Waals surface area contributed by atoms with Crippen molar-refractivity contribution in [3.63, 3.8) is 0 Å². The summed E-state index contributed by atoms with van der Waals surface area (Å²) in [5, 5.41) is 22.3. The molecule has 1 aliphatic carbocycles. The van der Waals surface area contributed by atoms with E-state index in [0.717, 1.165) is 30.2 Å². The molecule has 4 aromatic rings. The van der Waals surface area contributed by atoms with Crippen molar-refractivity contribution in [1.29, 1.82) is 0 Å². The predicted octanol–water partition coefficient (Wildman–Crippen LogP) is 3.05. The monoisotopic (exact) mass is 474 g/mol. The molecular formula is C24H23FN8O2. The number of nitrogens with zero attached hydrogens (tertiary/aromatic N) is 6. The van der Waals surface area contributed by atoms with Gasteiger partial charge in [0.15, 0.2) is 5.82 Å². The molecule has 1 atom stereocenters. The zero-order valence-corrected chi connectivity index (χ0v) is 18.8. The molecule has 3 heterocycles. The number of rotatable bonds is 5. The minimum absolute atomic E-state index is 0.110. The van der Waals surface area contributed by atoms with Crippen molar-refractivity contribution in [2.24, 2.45) is 5.92 Å². The first-order valence-corrected chi connectivity index (χ1v) is 11.7. The maximum Gasteiger partial charge on any atom is 0.253 e. The Morgan fingerprint density at radius 1 is 1.11 bits per heavy atom. The fraction of sp³-hybridized carbons (Fsp3) is 0.333. The van der Waals surface area contributed by atoms with Gasteiger partial charge in [0, 0.05) is 35.6 Å². The molecule has 35 heavy (non-hydrogen) atoms. The first-order valence-electron chi connectivity index (χ1n) is 11.7. The summed E-state index contributed by atoms with van der Waals surface area (Å²) in [6, 6.07) is 9.76. The maximum atomic E-state index is 14.6. The molecule has 2 aromatic heterocycles. The number of hydrogen-bond acceptors (Lipinski definition) is 6. The standard InChI is InChI=1S/C24H23FN8O2/c25-19-7-6-18(11-21(19)33-22(14-3-4-14)29-30-31-33)27-23(34)16-2-1-9-32(13-16)24(35)15-5-8-20-17(10-15)12-26-28-20/h5-8,10-12,14,16H,1-4,9,13H2,(H,26,28)(H,27,34). The van der Waals surface area contributed by atoms with Gasteiger partial charge < -0.3 is 10.2 Å². The van der Waals surface area contributed by atoms with Crippen molar-refractivity contribution in [2.45, 2.75) is 31.6 Å². The Morgan fingerprint density at radius 3 is 2.86 bits per heavy atom. The zero-order valence-electron chi connectivity index (χ0n) is 18.8. The van der Waals surface area contributed by atoms with Crippen LogP contribution in [0.2, 0.25) is 0 Å². The van der Waals surface area contributed by atoms with Gasteiger partial charge in [-0.25, -0.2) is 4.39 Å². The largest absolute Gasteiger partial charge is 0.338 e. The van der Waals surface area contributed by atoms with Gasteiger partial charge in [-0.3, -0.25) is 14.7 Å². The average Bonchev–Trinajstić information content (AvgIpc) is 3.41. The molecule has 11 heteroatoms. The summed E-state index contributed by atoms with van der Waals surface area (Å²) in [7, 11) is 0. The molecule has 0 spiro atoms. The topological polar surface area (TPSA) is 122 Å². The van der Waals surface area contributed by atoms with E-state index in [0.29, 0.717) is 36.6 Å². The molecule has 1 aliphatic heterocycles. The van der Waals surface area contributed by atoms with Crippen LogP contribution < -0.4 is 5.32 Å². The zero-order chi connectivity index (χ0) is 23.9. The Balaban J connectivity index is 1.16. The van der Waals surface area contributed by atoms with Crippen LogP contribution in [0.3, 0.4) is 0 Å². The highest BCUT2D eigenvalue weighted by atomic mass is 19.1. The number of carbonyl (C=O) groups excluding carboxylic acids is 2. The molecule has 2 amide bonds. The van der Waals surface area contributed by atoms with E-state index in [1.165, 1.54) is 16.8 Å². The Labute approximate surface area is 199 Å². The molecule has 178 valence electrons. The molecule has 2 aromatic carbocycles. The number of likely N-dealkylation sites (tertiary alicyclic amines) is 1. The van der Waals surface area contributed by atoms with Gasteiger partial charge in [-0.15, -0.1) is 5.10 Å². The predicted molar refractivity (Wildman–Crippen MR) is 124 cm³/mol. The normalized spacial score (nSPS) is 18.1. The summed E-state index contributed by atoms with van der Waals surface area (Å²) < 4.78 is 16.0. The lowest BCUT2D eigenvalue weighted by Crippen LogP contribution is -2.43. The number of carbonyl (C=O) groups is 2. The highest BCUT2D eigenvalue weighted by Gasteiger charge is 2.31. The number of halogens is 1. The van der Waals surface area contributed by atoms with Gasteiger partial charge in [0.1, 0.15) is 11.5 Å². The number of nitrogens with one attached hydrogen (secondary N) is 2. The van der Waals surface area contributed by atoms with Crippen LogP contribution in [0.15, 0.2) is 42.6 Å². The smallest absolute Gasteiger partial charge is 0.253 e. The lowest BCUT2D eigenvalue weighted by atomic mass is 9.96. The van der Waals surface area contributed by atoms with Gasteiger partial charge >= 0.3 is 0 Å². The lowest BCUT2D eigenvalue weighted by molar-refractivity contribution is -0.121. The first kappa shape index (κ1) is 21.4. The number of benzene rings is 2. The Kier molecular flexibility index (Phi) is 5.24. The number of aromatic amines is 1.